The third kappa shape index (κ3) is 0.879. The third-order valence-electron chi connectivity index (χ3n) is 1.94. The molecule has 0 aromatic heterocycles. The first-order valence-corrected chi connectivity index (χ1v) is 3.95. The molecule has 0 aromatic carbocycles. The van der Waals surface area contributed by atoms with Crippen LogP contribution in [-0.4, -0.2) is 19.5 Å². The van der Waals surface area contributed by atoms with Crippen LogP contribution in [0.5, 0.6) is 0 Å². The Morgan fingerprint density at radius 3 is 2.92 bits per heavy atom. The number of rotatable bonds is 1. The zero-order valence-electron chi connectivity index (χ0n) is 7.15. The van der Waals surface area contributed by atoms with Crippen LogP contribution >= 0.6 is 0 Å². The molecule has 0 aliphatic carbocycles. The van der Waals surface area contributed by atoms with Gasteiger partial charge in [-0.25, -0.2) is 15.0 Å². The van der Waals surface area contributed by atoms with Crippen molar-refractivity contribution in [1.29, 1.82) is 0 Å². The lowest BCUT2D eigenvalue weighted by molar-refractivity contribution is 0.697. The molecule has 4 heteroatoms. The maximum atomic E-state index is 4.21. The van der Waals surface area contributed by atoms with E-state index in [0.29, 0.717) is 0 Å². The zero-order chi connectivity index (χ0) is 8.55. The molecule has 62 valence electrons. The van der Waals surface area contributed by atoms with Gasteiger partial charge in [0.1, 0.15) is 17.8 Å². The molecule has 0 radical (unpaired) electrons. The van der Waals surface area contributed by atoms with E-state index in [1.807, 2.05) is 11.5 Å². The van der Waals surface area contributed by atoms with Gasteiger partial charge in [0.05, 0.1) is 6.20 Å². The third-order valence-corrected chi connectivity index (χ3v) is 1.94. The molecule has 2 rings (SSSR count). The minimum absolute atomic E-state index is 0.863. The molecule has 0 saturated heterocycles. The molecule has 0 atom stereocenters. The average Bonchev–Trinajstić information content (AvgIpc) is 2.52. The van der Waals surface area contributed by atoms with Crippen molar-refractivity contribution in [2.24, 2.45) is 0 Å². The van der Waals surface area contributed by atoms with E-state index in [4.69, 9.17) is 0 Å². The molecule has 12 heavy (non-hydrogen) atoms. The van der Waals surface area contributed by atoms with Gasteiger partial charge in [-0.15, -0.1) is 0 Å². The van der Waals surface area contributed by atoms with E-state index in [1.165, 1.54) is 0 Å². The number of aryl methyl sites for hydroxylation is 1. The van der Waals surface area contributed by atoms with Gasteiger partial charge >= 0.3 is 0 Å². The molecule has 0 fully saturated rings. The summed E-state index contributed by atoms with van der Waals surface area (Å²) in [5.41, 5.74) is 0.863. The van der Waals surface area contributed by atoms with Crippen LogP contribution in [0.1, 0.15) is 12.7 Å². The first-order chi connectivity index (χ1) is 5.83. The van der Waals surface area contributed by atoms with Crippen LogP contribution in [0.25, 0.3) is 11.5 Å². The van der Waals surface area contributed by atoms with Gasteiger partial charge in [0.25, 0.3) is 0 Å². The van der Waals surface area contributed by atoms with E-state index in [0.717, 1.165) is 23.9 Å². The lowest BCUT2D eigenvalue weighted by Crippen LogP contribution is -2.07. The zero-order valence-corrected chi connectivity index (χ0v) is 7.15. The molecule has 0 amide bonds. The summed E-state index contributed by atoms with van der Waals surface area (Å²) in [6.07, 6.45) is 3.32. The molecule has 0 saturated carbocycles. The highest BCUT2D eigenvalue weighted by Gasteiger charge is 2.10. The van der Waals surface area contributed by atoms with Crippen LogP contribution in [0.15, 0.2) is 12.5 Å². The highest BCUT2D eigenvalue weighted by atomic mass is 15.1. The molecule has 2 heterocycles. The van der Waals surface area contributed by atoms with E-state index < -0.39 is 0 Å². The minimum atomic E-state index is 0.863. The lowest BCUT2D eigenvalue weighted by atomic mass is 10.4. The van der Waals surface area contributed by atoms with Gasteiger partial charge in [0.2, 0.25) is 0 Å². The summed E-state index contributed by atoms with van der Waals surface area (Å²) in [5, 5.41) is 0. The molecular formula is C8H10N4. The summed E-state index contributed by atoms with van der Waals surface area (Å²) in [4.78, 5) is 12.4. The van der Waals surface area contributed by atoms with E-state index >= 15 is 0 Å². The minimum Gasteiger partial charge on any atom is -0.313 e. The number of fused-ring (bicyclic) bond motifs is 1. The van der Waals surface area contributed by atoms with Crippen molar-refractivity contribution in [2.45, 2.75) is 20.4 Å². The fourth-order valence-corrected chi connectivity index (χ4v) is 1.32. The molecule has 0 aromatic rings. The second-order valence-corrected chi connectivity index (χ2v) is 2.63. The van der Waals surface area contributed by atoms with E-state index in [9.17, 15) is 0 Å². The van der Waals surface area contributed by atoms with E-state index in [-0.39, 0.29) is 0 Å². The second kappa shape index (κ2) is 2.55. The van der Waals surface area contributed by atoms with Crippen LogP contribution in [-0.2, 0) is 6.54 Å². The standard InChI is InChI=1S/C8H10N4/c1-3-12-6(2)9-4-7-8(12)11-5-10-7/h4-5H,3H2,1-2H3. The van der Waals surface area contributed by atoms with Crippen molar-refractivity contribution in [3.8, 4) is 11.5 Å². The summed E-state index contributed by atoms with van der Waals surface area (Å²) in [5.74, 6) is 1.90. The van der Waals surface area contributed by atoms with E-state index in [2.05, 4.69) is 21.9 Å². The summed E-state index contributed by atoms with van der Waals surface area (Å²) in [6.45, 7) is 4.93. The molecule has 0 N–H and O–H groups in total. The number of aromatic nitrogens is 4. The molecule has 4 nitrogen and oxygen atoms in total. The van der Waals surface area contributed by atoms with Gasteiger partial charge in [0.15, 0.2) is 5.82 Å². The highest BCUT2D eigenvalue weighted by Crippen LogP contribution is 2.15. The van der Waals surface area contributed by atoms with Crippen molar-refractivity contribution in [3.05, 3.63) is 18.3 Å². The van der Waals surface area contributed by atoms with Crippen molar-refractivity contribution < 1.29 is 0 Å². The lowest BCUT2D eigenvalue weighted by Gasteiger charge is -2.09. The van der Waals surface area contributed by atoms with Gasteiger partial charge in [-0.3, -0.25) is 0 Å². The molecular weight excluding hydrogens is 152 g/mol. The van der Waals surface area contributed by atoms with Gasteiger partial charge in [0, 0.05) is 6.54 Å². The maximum Gasteiger partial charge on any atom is 0.163 e. The van der Waals surface area contributed by atoms with Crippen LogP contribution in [0.3, 0.4) is 0 Å². The van der Waals surface area contributed by atoms with Crippen molar-refractivity contribution in [1.82, 2.24) is 19.5 Å². The Balaban J connectivity index is 2.73. The summed E-state index contributed by atoms with van der Waals surface area (Å²) in [6, 6.07) is 0. The number of nitrogens with zero attached hydrogens (tertiary/aromatic N) is 4. The van der Waals surface area contributed by atoms with Crippen molar-refractivity contribution >= 4 is 0 Å². The number of hydrogen-bond donors (Lipinski definition) is 0. The molecule has 2 aliphatic rings. The Labute approximate surface area is 70.6 Å². The maximum absolute atomic E-state index is 4.21. The molecule has 0 bridgehead atoms. The van der Waals surface area contributed by atoms with Crippen molar-refractivity contribution in [3.63, 3.8) is 0 Å². The normalized spacial score (nSPS) is 10.8. The van der Waals surface area contributed by atoms with Gasteiger partial charge < -0.3 is 4.57 Å². The Kier molecular flexibility index (Phi) is 1.53. The van der Waals surface area contributed by atoms with Gasteiger partial charge in [-0.05, 0) is 13.8 Å². The first-order valence-electron chi connectivity index (χ1n) is 3.95. The summed E-state index contributed by atoms with van der Waals surface area (Å²) in [7, 11) is 0. The largest absolute Gasteiger partial charge is 0.313 e. The highest BCUT2D eigenvalue weighted by molar-refractivity contribution is 5.49. The Hall–Kier alpha value is -1.45. The SMILES string of the molecule is CCn1c(C)ncc2ncnc1-2. The molecule has 0 spiro atoms. The van der Waals surface area contributed by atoms with Crippen LogP contribution in [0.2, 0.25) is 0 Å². The Morgan fingerprint density at radius 1 is 1.33 bits per heavy atom. The quantitative estimate of drug-likeness (QED) is 0.630. The fourth-order valence-electron chi connectivity index (χ4n) is 1.32. The van der Waals surface area contributed by atoms with Gasteiger partial charge in [-0.2, -0.15) is 0 Å². The Bertz CT molecular complexity index is 366. The molecule has 0 unspecified atom stereocenters. The van der Waals surface area contributed by atoms with Crippen LogP contribution < -0.4 is 0 Å². The number of imidazole rings is 1. The first kappa shape index (κ1) is 7.21. The van der Waals surface area contributed by atoms with E-state index in [1.54, 1.807) is 12.5 Å². The fraction of sp³-hybridized carbons (Fsp3) is 0.375. The second-order valence-electron chi connectivity index (χ2n) is 2.63. The monoisotopic (exact) mass is 162 g/mol. The van der Waals surface area contributed by atoms with Crippen LogP contribution in [0.4, 0.5) is 0 Å². The predicted molar refractivity (Wildman–Crippen MR) is 44.9 cm³/mol. The van der Waals surface area contributed by atoms with Crippen molar-refractivity contribution in [2.75, 3.05) is 0 Å². The predicted octanol–water partition coefficient (Wildman–Crippen LogP) is 1.11. The number of hydrogen-bond acceptors (Lipinski definition) is 3. The smallest absolute Gasteiger partial charge is 0.163 e. The Morgan fingerprint density at radius 2 is 2.17 bits per heavy atom. The summed E-state index contributed by atoms with van der Waals surface area (Å²) < 4.78 is 2.04. The molecule has 2 aliphatic heterocycles. The topological polar surface area (TPSA) is 43.6 Å². The van der Waals surface area contributed by atoms with Gasteiger partial charge in [-0.1, -0.05) is 0 Å². The van der Waals surface area contributed by atoms with Crippen LogP contribution in [0, 0.1) is 6.92 Å². The average molecular weight is 162 g/mol. The summed E-state index contributed by atoms with van der Waals surface area (Å²) >= 11 is 0.